The lowest BCUT2D eigenvalue weighted by atomic mass is 9.94. The van der Waals surface area contributed by atoms with Crippen molar-refractivity contribution in [2.24, 2.45) is 0 Å². The lowest BCUT2D eigenvalue weighted by molar-refractivity contribution is -0.0670. The van der Waals surface area contributed by atoms with Gasteiger partial charge in [0.25, 0.3) is 5.91 Å². The molecule has 200 valence electrons. The molecule has 1 amide bonds. The molecule has 4 atom stereocenters. The molecule has 3 N–H and O–H groups in total. The van der Waals surface area contributed by atoms with Gasteiger partial charge in [0.15, 0.2) is 6.23 Å². The Kier molecular flexibility index (Phi) is 8.57. The minimum atomic E-state index is -0.600. The maximum Gasteiger partial charge on any atom is 0.251 e. The lowest BCUT2D eigenvalue weighted by Gasteiger charge is -2.35. The Morgan fingerprint density at radius 3 is 2.68 bits per heavy atom. The maximum absolute atomic E-state index is 13.0. The summed E-state index contributed by atoms with van der Waals surface area (Å²) in [5, 5.41) is 13.1. The third kappa shape index (κ3) is 5.91. The zero-order valence-corrected chi connectivity index (χ0v) is 22.1. The number of hydrogen-bond donors (Lipinski definition) is 3. The average molecular weight is 508 g/mol. The number of hydrogen-bond acceptors (Lipinski definition) is 6. The van der Waals surface area contributed by atoms with E-state index in [2.05, 4.69) is 33.9 Å². The van der Waals surface area contributed by atoms with E-state index in [1.165, 1.54) is 61.6 Å². The second-order valence-corrected chi connectivity index (χ2v) is 10.8. The van der Waals surface area contributed by atoms with Crippen LogP contribution in [0.2, 0.25) is 0 Å². The largest absolute Gasteiger partial charge is 0.389 e. The Morgan fingerprint density at radius 1 is 1.14 bits per heavy atom. The summed E-state index contributed by atoms with van der Waals surface area (Å²) < 4.78 is 5.51. The van der Waals surface area contributed by atoms with E-state index in [0.29, 0.717) is 18.2 Å². The molecule has 2 fully saturated rings. The number of aryl methyl sites for hydroxylation is 1. The van der Waals surface area contributed by atoms with Gasteiger partial charge < -0.3 is 15.2 Å². The standard InChI is InChI=1S/C30H41N3O4/c1-20(34)21-9-8-10-24(17-21)30(35)31-27-16-14-22-18-23(13-15-26(22)27)29-32-37-28(19-36-2)33(29)25-11-6-4-3-5-7-12-25/h8-10,13,15,17-18,20,25,27-29,32,34H,3-7,11-12,14,16,19H2,1-2H3,(H,31,35)/t20-,27-,28?,29?/m1/s1. The summed E-state index contributed by atoms with van der Waals surface area (Å²) in [5.41, 5.74) is 8.32. The first-order valence-electron chi connectivity index (χ1n) is 13.9. The fourth-order valence-corrected chi connectivity index (χ4v) is 6.25. The molecule has 1 saturated heterocycles. The van der Waals surface area contributed by atoms with Gasteiger partial charge in [-0.3, -0.25) is 14.5 Å². The zero-order valence-electron chi connectivity index (χ0n) is 22.1. The van der Waals surface area contributed by atoms with Gasteiger partial charge in [0.05, 0.1) is 18.8 Å². The van der Waals surface area contributed by atoms with Gasteiger partial charge in [-0.25, -0.2) is 0 Å². The van der Waals surface area contributed by atoms with Crippen molar-refractivity contribution in [1.29, 1.82) is 0 Å². The summed E-state index contributed by atoms with van der Waals surface area (Å²) in [7, 11) is 1.73. The molecule has 7 nitrogen and oxygen atoms in total. The molecule has 7 heteroatoms. The summed E-state index contributed by atoms with van der Waals surface area (Å²) in [4.78, 5) is 21.5. The van der Waals surface area contributed by atoms with Gasteiger partial charge in [-0.1, -0.05) is 62.4 Å². The fraction of sp³-hybridized carbons (Fsp3) is 0.567. The molecule has 2 aromatic carbocycles. The van der Waals surface area contributed by atoms with Crippen molar-refractivity contribution >= 4 is 5.91 Å². The van der Waals surface area contributed by atoms with Crippen LogP contribution in [0.1, 0.15) is 109 Å². The van der Waals surface area contributed by atoms with E-state index < -0.39 is 6.10 Å². The van der Waals surface area contributed by atoms with Gasteiger partial charge in [0, 0.05) is 18.7 Å². The van der Waals surface area contributed by atoms with Crippen LogP contribution in [0, 0.1) is 0 Å². The van der Waals surface area contributed by atoms with Crippen molar-refractivity contribution in [3.05, 3.63) is 70.3 Å². The molecule has 0 aromatic heterocycles. The predicted octanol–water partition coefficient (Wildman–Crippen LogP) is 5.08. The molecule has 2 unspecified atom stereocenters. The second kappa shape index (κ2) is 12.0. The molecule has 0 radical (unpaired) electrons. The second-order valence-electron chi connectivity index (χ2n) is 10.8. The van der Waals surface area contributed by atoms with Crippen LogP contribution in [0.5, 0.6) is 0 Å². The number of carbonyl (C=O) groups is 1. The normalized spacial score (nSPS) is 25.9. The van der Waals surface area contributed by atoms with Gasteiger partial charge in [-0.15, -0.1) is 0 Å². The molecular weight excluding hydrogens is 466 g/mol. The van der Waals surface area contributed by atoms with Crippen LogP contribution in [0.3, 0.4) is 0 Å². The van der Waals surface area contributed by atoms with E-state index in [-0.39, 0.29) is 24.3 Å². The third-order valence-corrected chi connectivity index (χ3v) is 8.25. The first-order chi connectivity index (χ1) is 18.0. The monoisotopic (exact) mass is 507 g/mol. The van der Waals surface area contributed by atoms with E-state index in [4.69, 9.17) is 9.57 Å². The molecule has 1 saturated carbocycles. The SMILES string of the molecule is COCC1ONC(c2ccc3c(c2)CC[C@H]3NC(=O)c2cccc([C@@H](C)O)c2)N1C1CCCCCCC1. The summed E-state index contributed by atoms with van der Waals surface area (Å²) >= 11 is 0. The van der Waals surface area contributed by atoms with Crippen LogP contribution in [0.25, 0.3) is 0 Å². The topological polar surface area (TPSA) is 83.1 Å². The molecule has 5 rings (SSSR count). The van der Waals surface area contributed by atoms with Crippen LogP contribution in [0.4, 0.5) is 0 Å². The number of nitrogens with zero attached hydrogens (tertiary/aromatic N) is 1. The van der Waals surface area contributed by atoms with Crippen molar-refractivity contribution < 1.29 is 19.5 Å². The smallest absolute Gasteiger partial charge is 0.251 e. The van der Waals surface area contributed by atoms with Gasteiger partial charge in [0.1, 0.15) is 6.17 Å². The highest BCUT2D eigenvalue weighted by molar-refractivity contribution is 5.94. The number of ether oxygens (including phenoxy) is 1. The summed E-state index contributed by atoms with van der Waals surface area (Å²) in [5.74, 6) is -0.104. The molecule has 0 spiro atoms. The Balaban J connectivity index is 1.32. The molecule has 37 heavy (non-hydrogen) atoms. The Labute approximate surface area is 220 Å². The highest BCUT2D eigenvalue weighted by atomic mass is 16.7. The van der Waals surface area contributed by atoms with Gasteiger partial charge in [-0.05, 0) is 67.0 Å². The minimum absolute atomic E-state index is 0.00766. The molecule has 0 bridgehead atoms. The summed E-state index contributed by atoms with van der Waals surface area (Å²) in [6.07, 6.45) is 9.99. The molecule has 1 aliphatic heterocycles. The highest BCUT2D eigenvalue weighted by Gasteiger charge is 2.40. The van der Waals surface area contributed by atoms with Gasteiger partial charge in [0.2, 0.25) is 0 Å². The first-order valence-corrected chi connectivity index (χ1v) is 13.9. The van der Waals surface area contributed by atoms with Crippen molar-refractivity contribution in [3.63, 3.8) is 0 Å². The van der Waals surface area contributed by atoms with E-state index in [0.717, 1.165) is 18.4 Å². The van der Waals surface area contributed by atoms with Crippen LogP contribution in [-0.4, -0.2) is 41.9 Å². The number of nitrogens with one attached hydrogen (secondary N) is 2. The number of amides is 1. The lowest BCUT2D eigenvalue weighted by Crippen LogP contribution is -2.44. The zero-order chi connectivity index (χ0) is 25.8. The summed E-state index contributed by atoms with van der Waals surface area (Å²) in [6.45, 7) is 2.25. The highest BCUT2D eigenvalue weighted by Crippen LogP contribution is 2.38. The quantitative estimate of drug-likeness (QED) is 0.485. The number of fused-ring (bicyclic) bond motifs is 1. The van der Waals surface area contributed by atoms with Gasteiger partial charge >= 0.3 is 0 Å². The Morgan fingerprint density at radius 2 is 1.92 bits per heavy atom. The number of benzene rings is 2. The fourth-order valence-electron chi connectivity index (χ4n) is 6.25. The van der Waals surface area contributed by atoms with Crippen LogP contribution >= 0.6 is 0 Å². The van der Waals surface area contributed by atoms with Crippen LogP contribution in [-0.2, 0) is 16.0 Å². The van der Waals surface area contributed by atoms with Crippen molar-refractivity contribution in [1.82, 2.24) is 15.7 Å². The number of rotatable bonds is 7. The van der Waals surface area contributed by atoms with Crippen LogP contribution < -0.4 is 10.8 Å². The number of aliphatic hydroxyl groups is 1. The maximum atomic E-state index is 13.0. The van der Waals surface area contributed by atoms with E-state index in [1.807, 2.05) is 12.1 Å². The first kappa shape index (κ1) is 26.3. The Bertz CT molecular complexity index is 1070. The van der Waals surface area contributed by atoms with E-state index >= 15 is 0 Å². The summed E-state index contributed by atoms with van der Waals surface area (Å²) in [6, 6.07) is 14.3. The van der Waals surface area contributed by atoms with Crippen molar-refractivity contribution in [3.8, 4) is 0 Å². The van der Waals surface area contributed by atoms with Crippen molar-refractivity contribution in [2.75, 3.05) is 13.7 Å². The van der Waals surface area contributed by atoms with Gasteiger partial charge in [-0.2, -0.15) is 5.48 Å². The molecular formula is C30H41N3O4. The third-order valence-electron chi connectivity index (χ3n) is 8.25. The average Bonchev–Trinajstić information content (AvgIpc) is 3.48. The molecule has 2 aliphatic carbocycles. The number of aliphatic hydroxyl groups excluding tert-OH is 1. The Hall–Kier alpha value is -2.29. The number of methoxy groups -OCH3 is 1. The number of carbonyl (C=O) groups excluding carboxylic acids is 1. The molecule has 1 heterocycles. The van der Waals surface area contributed by atoms with Crippen LogP contribution in [0.15, 0.2) is 42.5 Å². The number of hydroxylamine groups is 1. The minimum Gasteiger partial charge on any atom is -0.389 e. The predicted molar refractivity (Wildman–Crippen MR) is 143 cm³/mol. The van der Waals surface area contributed by atoms with Crippen molar-refractivity contribution in [2.45, 2.75) is 95.3 Å². The van der Waals surface area contributed by atoms with E-state index in [1.54, 1.807) is 26.2 Å². The molecule has 3 aliphatic rings. The molecule has 2 aromatic rings. The van der Waals surface area contributed by atoms with E-state index in [9.17, 15) is 9.90 Å².